The Bertz CT molecular complexity index is 768. The molecular formula is C21H28Cl3NO4S. The number of halogens is 3. The fourth-order valence-corrected chi connectivity index (χ4v) is 5.56. The zero-order valence-electron chi connectivity index (χ0n) is 16.5. The number of carbonyl (C=O) groups excluding carboxylic acids is 1. The second-order valence-electron chi connectivity index (χ2n) is 7.60. The molecule has 1 heterocycles. The first-order valence-electron chi connectivity index (χ1n) is 9.98. The first-order chi connectivity index (χ1) is 14.2. The van der Waals surface area contributed by atoms with Crippen LogP contribution in [-0.2, 0) is 11.2 Å². The number of aliphatic hydroxyl groups is 3. The number of primary amides is 1. The van der Waals surface area contributed by atoms with Crippen LogP contribution in [0.2, 0.25) is 14.4 Å². The Hall–Kier alpha value is -0.600. The van der Waals surface area contributed by atoms with Crippen LogP contribution in [0.4, 0.5) is 0 Å². The van der Waals surface area contributed by atoms with E-state index in [9.17, 15) is 20.1 Å². The molecule has 1 aromatic heterocycles. The number of thiophene rings is 1. The lowest BCUT2D eigenvalue weighted by atomic mass is 9.89. The Balaban J connectivity index is 1.86. The summed E-state index contributed by atoms with van der Waals surface area (Å²) in [5, 5.41) is 31.7. The molecule has 0 radical (unpaired) electrons. The standard InChI is InChI=1S/C21H28Cl3NO4S/c22-19-17(30-21(24)20(19)23)10-8-12(26)7-9-14-13(15(27)11-16(14)28)5-3-1-2-4-6-18(25)29/h1,3,7,9,12-16,26-28H,2,4-6,8,10-11H2,(H2,25,29)/b3-1+,9-7+/t12-,13-,14-,15+,16-/m1/s1. The van der Waals surface area contributed by atoms with Crippen LogP contribution in [0.3, 0.4) is 0 Å². The molecule has 5 nitrogen and oxygen atoms in total. The van der Waals surface area contributed by atoms with E-state index in [2.05, 4.69) is 0 Å². The summed E-state index contributed by atoms with van der Waals surface area (Å²) in [6, 6.07) is 0. The summed E-state index contributed by atoms with van der Waals surface area (Å²) in [4.78, 5) is 11.6. The fourth-order valence-electron chi connectivity index (χ4n) is 3.67. The number of hydrogen-bond donors (Lipinski definition) is 4. The molecule has 1 saturated carbocycles. The molecule has 168 valence electrons. The number of amides is 1. The van der Waals surface area contributed by atoms with Gasteiger partial charge in [-0.15, -0.1) is 11.3 Å². The molecule has 1 aromatic rings. The van der Waals surface area contributed by atoms with Gasteiger partial charge in [0.05, 0.1) is 28.4 Å². The molecule has 1 amide bonds. The van der Waals surface area contributed by atoms with Gasteiger partial charge in [-0.1, -0.05) is 59.1 Å². The molecule has 1 aliphatic rings. The Morgan fingerprint density at radius 2 is 1.93 bits per heavy atom. The highest BCUT2D eigenvalue weighted by Crippen LogP contribution is 2.41. The van der Waals surface area contributed by atoms with Crippen LogP contribution in [0.25, 0.3) is 0 Å². The minimum absolute atomic E-state index is 0.125. The second kappa shape index (κ2) is 12.4. The SMILES string of the molecule is NC(=O)CCC/C=C/C[C@@H]1[C@@H](/C=C/[C@@H](O)CCc2sc(Cl)c(Cl)c2Cl)[C@H](O)C[C@@H]1O. The first kappa shape index (κ1) is 25.7. The Morgan fingerprint density at radius 1 is 1.20 bits per heavy atom. The Kier molecular flexibility index (Phi) is 10.6. The van der Waals surface area contributed by atoms with Crippen LogP contribution in [0.1, 0.15) is 43.4 Å². The van der Waals surface area contributed by atoms with Crippen molar-refractivity contribution in [2.24, 2.45) is 17.6 Å². The van der Waals surface area contributed by atoms with Crippen LogP contribution in [0.5, 0.6) is 0 Å². The number of rotatable bonds is 11. The average Bonchev–Trinajstić information content (AvgIpc) is 3.09. The van der Waals surface area contributed by atoms with Crippen molar-refractivity contribution in [3.05, 3.63) is 43.6 Å². The quantitative estimate of drug-likeness (QED) is 0.267. The largest absolute Gasteiger partial charge is 0.393 e. The summed E-state index contributed by atoms with van der Waals surface area (Å²) in [7, 11) is 0. The number of aliphatic hydroxyl groups excluding tert-OH is 3. The molecule has 0 bridgehead atoms. The molecule has 5 N–H and O–H groups in total. The van der Waals surface area contributed by atoms with Crippen molar-refractivity contribution < 1.29 is 20.1 Å². The molecule has 0 unspecified atom stereocenters. The van der Waals surface area contributed by atoms with Gasteiger partial charge in [0.25, 0.3) is 0 Å². The summed E-state index contributed by atoms with van der Waals surface area (Å²) in [5.41, 5.74) is 5.12. The van der Waals surface area contributed by atoms with Gasteiger partial charge in [-0.3, -0.25) is 4.79 Å². The lowest BCUT2D eigenvalue weighted by Crippen LogP contribution is -2.20. The Morgan fingerprint density at radius 3 is 2.57 bits per heavy atom. The maximum absolute atomic E-state index is 10.7. The zero-order valence-corrected chi connectivity index (χ0v) is 19.6. The van der Waals surface area contributed by atoms with E-state index < -0.39 is 18.3 Å². The summed E-state index contributed by atoms with van der Waals surface area (Å²) in [6.07, 6.45) is 9.14. The van der Waals surface area contributed by atoms with Gasteiger partial charge in [0.15, 0.2) is 0 Å². The average molecular weight is 497 g/mol. The van der Waals surface area contributed by atoms with Crippen LogP contribution in [-0.4, -0.2) is 39.5 Å². The molecule has 2 rings (SSSR count). The monoisotopic (exact) mass is 495 g/mol. The third-order valence-electron chi connectivity index (χ3n) is 5.33. The maximum Gasteiger partial charge on any atom is 0.217 e. The zero-order chi connectivity index (χ0) is 22.3. The summed E-state index contributed by atoms with van der Waals surface area (Å²) in [6.45, 7) is 0. The molecule has 9 heteroatoms. The minimum Gasteiger partial charge on any atom is -0.393 e. The van der Waals surface area contributed by atoms with Crippen molar-refractivity contribution in [2.75, 3.05) is 0 Å². The number of allylic oxidation sites excluding steroid dienone is 2. The minimum atomic E-state index is -0.712. The first-order valence-corrected chi connectivity index (χ1v) is 11.9. The van der Waals surface area contributed by atoms with Gasteiger partial charge in [-0.25, -0.2) is 0 Å². The van der Waals surface area contributed by atoms with E-state index in [0.29, 0.717) is 52.9 Å². The van der Waals surface area contributed by atoms with E-state index in [4.69, 9.17) is 40.5 Å². The molecule has 0 aromatic carbocycles. The van der Waals surface area contributed by atoms with Crippen molar-refractivity contribution in [2.45, 2.75) is 63.3 Å². The van der Waals surface area contributed by atoms with Crippen molar-refractivity contribution >= 4 is 52.0 Å². The molecule has 5 atom stereocenters. The summed E-state index contributed by atoms with van der Waals surface area (Å²) < 4.78 is 0.440. The number of hydrogen-bond acceptors (Lipinski definition) is 5. The van der Waals surface area contributed by atoms with E-state index in [1.807, 2.05) is 12.2 Å². The highest BCUT2D eigenvalue weighted by atomic mass is 35.5. The summed E-state index contributed by atoms with van der Waals surface area (Å²) >= 11 is 19.4. The van der Waals surface area contributed by atoms with Crippen LogP contribution < -0.4 is 5.73 Å². The van der Waals surface area contributed by atoms with Crippen molar-refractivity contribution in [1.29, 1.82) is 0 Å². The number of carbonyl (C=O) groups is 1. The predicted octanol–water partition coefficient (Wildman–Crippen LogP) is 4.52. The number of aryl methyl sites for hydroxylation is 1. The highest BCUT2D eigenvalue weighted by Gasteiger charge is 2.39. The molecular weight excluding hydrogens is 469 g/mol. The van der Waals surface area contributed by atoms with Gasteiger partial charge in [0.1, 0.15) is 4.34 Å². The van der Waals surface area contributed by atoms with Crippen LogP contribution in [0, 0.1) is 11.8 Å². The fraction of sp³-hybridized carbons (Fsp3) is 0.571. The van der Waals surface area contributed by atoms with Crippen molar-refractivity contribution in [3.63, 3.8) is 0 Å². The van der Waals surface area contributed by atoms with Crippen LogP contribution >= 0.6 is 46.1 Å². The molecule has 0 aliphatic heterocycles. The van der Waals surface area contributed by atoms with E-state index in [-0.39, 0.29) is 17.7 Å². The predicted molar refractivity (Wildman–Crippen MR) is 123 cm³/mol. The highest BCUT2D eigenvalue weighted by molar-refractivity contribution is 7.17. The lowest BCUT2D eigenvalue weighted by molar-refractivity contribution is -0.118. The smallest absolute Gasteiger partial charge is 0.217 e. The number of nitrogens with two attached hydrogens (primary N) is 1. The van der Waals surface area contributed by atoms with E-state index in [1.54, 1.807) is 12.2 Å². The Labute approximate surface area is 196 Å². The molecule has 0 saturated heterocycles. The molecule has 30 heavy (non-hydrogen) atoms. The topological polar surface area (TPSA) is 104 Å². The van der Waals surface area contributed by atoms with Gasteiger partial charge < -0.3 is 21.1 Å². The summed E-state index contributed by atoms with van der Waals surface area (Å²) in [5.74, 6) is -0.673. The van der Waals surface area contributed by atoms with Crippen LogP contribution in [0.15, 0.2) is 24.3 Å². The number of unbranched alkanes of at least 4 members (excludes halogenated alkanes) is 1. The lowest BCUT2D eigenvalue weighted by Gasteiger charge is -2.19. The van der Waals surface area contributed by atoms with Gasteiger partial charge in [0, 0.05) is 23.6 Å². The van der Waals surface area contributed by atoms with Gasteiger partial charge in [0.2, 0.25) is 5.91 Å². The molecule has 1 aliphatic carbocycles. The van der Waals surface area contributed by atoms with E-state index in [0.717, 1.165) is 11.3 Å². The van der Waals surface area contributed by atoms with Gasteiger partial charge in [-0.05, 0) is 38.0 Å². The van der Waals surface area contributed by atoms with Gasteiger partial charge in [-0.2, -0.15) is 0 Å². The van der Waals surface area contributed by atoms with Crippen molar-refractivity contribution in [1.82, 2.24) is 0 Å². The third kappa shape index (κ3) is 7.52. The normalized spacial score (nSPS) is 25.5. The maximum atomic E-state index is 10.7. The molecule has 0 spiro atoms. The molecule has 1 fully saturated rings. The van der Waals surface area contributed by atoms with Gasteiger partial charge >= 0.3 is 0 Å². The second-order valence-corrected chi connectivity index (χ2v) is 10.1. The van der Waals surface area contributed by atoms with E-state index >= 15 is 0 Å². The van der Waals surface area contributed by atoms with E-state index in [1.165, 1.54) is 11.3 Å². The third-order valence-corrected chi connectivity index (χ3v) is 8.00. The van der Waals surface area contributed by atoms with Crippen molar-refractivity contribution in [3.8, 4) is 0 Å².